The number of rotatable bonds is 2. The van der Waals surface area contributed by atoms with Gasteiger partial charge in [0.15, 0.2) is 0 Å². The molecule has 0 bridgehead atoms. The van der Waals surface area contributed by atoms with E-state index in [-0.39, 0.29) is 11.5 Å². The number of anilines is 1. The lowest BCUT2D eigenvalue weighted by molar-refractivity contribution is 0.101. The summed E-state index contributed by atoms with van der Waals surface area (Å²) in [6.45, 7) is 1.98. The Kier molecular flexibility index (Phi) is 3.51. The first kappa shape index (κ1) is 14.1. The predicted octanol–water partition coefficient (Wildman–Crippen LogP) is 3.10. The van der Waals surface area contributed by atoms with Gasteiger partial charge >= 0.3 is 0 Å². The number of hydrogen-bond acceptors (Lipinski definition) is 2. The van der Waals surface area contributed by atoms with E-state index in [1.165, 1.54) is 4.57 Å². The summed E-state index contributed by atoms with van der Waals surface area (Å²) in [6, 6.07) is 16.5. The van der Waals surface area contributed by atoms with Crippen LogP contribution in [0.3, 0.4) is 0 Å². The van der Waals surface area contributed by atoms with Gasteiger partial charge in [0, 0.05) is 18.1 Å². The largest absolute Gasteiger partial charge is 0.321 e. The number of nitrogens with one attached hydrogen (secondary N) is 1. The Labute approximate surface area is 128 Å². The van der Waals surface area contributed by atoms with Gasteiger partial charge in [-0.1, -0.05) is 35.9 Å². The molecular weight excluding hydrogens is 276 g/mol. The van der Waals surface area contributed by atoms with Crippen LogP contribution in [0.2, 0.25) is 0 Å². The third-order valence-electron chi connectivity index (χ3n) is 3.69. The van der Waals surface area contributed by atoms with E-state index in [1.54, 1.807) is 19.2 Å². The first-order valence-electron chi connectivity index (χ1n) is 7.03. The molecule has 2 aromatic carbocycles. The predicted molar refractivity (Wildman–Crippen MR) is 88.3 cm³/mol. The van der Waals surface area contributed by atoms with E-state index in [4.69, 9.17) is 0 Å². The van der Waals surface area contributed by atoms with E-state index in [0.29, 0.717) is 16.8 Å². The third kappa shape index (κ3) is 2.51. The van der Waals surface area contributed by atoms with E-state index in [9.17, 15) is 9.59 Å². The Balaban J connectivity index is 2.02. The molecule has 0 atom stereocenters. The fraction of sp³-hybridized carbons (Fsp3) is 0.111. The minimum atomic E-state index is -0.297. The highest BCUT2D eigenvalue weighted by Crippen LogP contribution is 2.14. The molecule has 0 radical (unpaired) electrons. The average molecular weight is 292 g/mol. The van der Waals surface area contributed by atoms with Crippen LogP contribution < -0.4 is 10.9 Å². The molecule has 0 aliphatic carbocycles. The van der Waals surface area contributed by atoms with E-state index in [0.717, 1.165) is 10.9 Å². The molecule has 3 rings (SSSR count). The van der Waals surface area contributed by atoms with Gasteiger partial charge in [0.25, 0.3) is 11.5 Å². The molecule has 0 spiro atoms. The fourth-order valence-corrected chi connectivity index (χ4v) is 2.40. The Bertz CT molecular complexity index is 909. The number of nitrogens with zero attached hydrogens (tertiary/aromatic N) is 1. The smallest absolute Gasteiger partial charge is 0.272 e. The number of aryl methyl sites for hydroxylation is 1. The number of pyridine rings is 1. The molecule has 0 aliphatic rings. The highest BCUT2D eigenvalue weighted by atomic mass is 16.2. The second-order valence-corrected chi connectivity index (χ2v) is 5.30. The van der Waals surface area contributed by atoms with Crippen LogP contribution in [-0.4, -0.2) is 10.5 Å². The van der Waals surface area contributed by atoms with Crippen molar-refractivity contribution in [2.75, 3.05) is 5.32 Å². The maximum absolute atomic E-state index is 12.4. The van der Waals surface area contributed by atoms with E-state index in [1.807, 2.05) is 49.4 Å². The zero-order chi connectivity index (χ0) is 15.7. The van der Waals surface area contributed by atoms with E-state index >= 15 is 0 Å². The SMILES string of the molecule is Cc1ccc(NC(=O)c2cc3ccccc3c(=O)n2C)cc1. The van der Waals surface area contributed by atoms with Crippen LogP contribution in [0.4, 0.5) is 5.69 Å². The second kappa shape index (κ2) is 5.48. The van der Waals surface area contributed by atoms with E-state index < -0.39 is 0 Å². The summed E-state index contributed by atoms with van der Waals surface area (Å²) in [7, 11) is 1.61. The number of amides is 1. The zero-order valence-corrected chi connectivity index (χ0v) is 12.5. The van der Waals surface area contributed by atoms with Gasteiger partial charge in [-0.3, -0.25) is 9.59 Å². The van der Waals surface area contributed by atoms with Crippen molar-refractivity contribution in [3.63, 3.8) is 0 Å². The van der Waals surface area contributed by atoms with Crippen LogP contribution in [0.5, 0.6) is 0 Å². The zero-order valence-electron chi connectivity index (χ0n) is 12.5. The van der Waals surface area contributed by atoms with Crippen LogP contribution >= 0.6 is 0 Å². The van der Waals surface area contributed by atoms with Crippen LogP contribution in [0, 0.1) is 6.92 Å². The van der Waals surface area contributed by atoms with Gasteiger partial charge in [0.05, 0.1) is 0 Å². The number of benzene rings is 2. The fourth-order valence-electron chi connectivity index (χ4n) is 2.40. The molecule has 1 aromatic heterocycles. The molecule has 0 unspecified atom stereocenters. The van der Waals surface area contributed by atoms with Crippen molar-refractivity contribution < 1.29 is 4.79 Å². The highest BCUT2D eigenvalue weighted by Gasteiger charge is 2.13. The lowest BCUT2D eigenvalue weighted by Gasteiger charge is -2.11. The minimum Gasteiger partial charge on any atom is -0.321 e. The molecule has 3 aromatic rings. The van der Waals surface area contributed by atoms with Crippen molar-refractivity contribution in [2.24, 2.45) is 7.05 Å². The number of aromatic nitrogens is 1. The van der Waals surface area contributed by atoms with Crippen LogP contribution in [0.1, 0.15) is 16.1 Å². The quantitative estimate of drug-likeness (QED) is 0.789. The average Bonchev–Trinajstić information content (AvgIpc) is 2.53. The highest BCUT2D eigenvalue weighted by molar-refractivity contribution is 6.05. The number of hydrogen-bond donors (Lipinski definition) is 1. The standard InChI is InChI=1S/C18H16N2O2/c1-12-7-9-14(10-8-12)19-17(21)16-11-13-5-3-4-6-15(13)18(22)20(16)2/h3-11H,1-2H3,(H,19,21). The van der Waals surface area contributed by atoms with Crippen molar-refractivity contribution in [2.45, 2.75) is 6.92 Å². The van der Waals surface area contributed by atoms with Gasteiger partial charge in [0.2, 0.25) is 0 Å². The third-order valence-corrected chi connectivity index (χ3v) is 3.69. The molecule has 0 saturated carbocycles. The van der Waals surface area contributed by atoms with Crippen molar-refractivity contribution in [1.82, 2.24) is 4.57 Å². The van der Waals surface area contributed by atoms with Crippen LogP contribution in [-0.2, 0) is 7.05 Å². The van der Waals surface area contributed by atoms with Gasteiger partial charge in [-0.15, -0.1) is 0 Å². The molecule has 1 heterocycles. The monoisotopic (exact) mass is 292 g/mol. The molecule has 22 heavy (non-hydrogen) atoms. The van der Waals surface area contributed by atoms with Crippen molar-refractivity contribution in [3.05, 3.63) is 76.2 Å². The summed E-state index contributed by atoms with van der Waals surface area (Å²) in [5.74, 6) is -0.297. The summed E-state index contributed by atoms with van der Waals surface area (Å²) < 4.78 is 1.38. The molecule has 4 heteroatoms. The van der Waals surface area contributed by atoms with Crippen molar-refractivity contribution in [3.8, 4) is 0 Å². The molecular formula is C18H16N2O2. The molecule has 1 N–H and O–H groups in total. The second-order valence-electron chi connectivity index (χ2n) is 5.30. The lowest BCUT2D eigenvalue weighted by atomic mass is 10.1. The lowest BCUT2D eigenvalue weighted by Crippen LogP contribution is -2.26. The first-order valence-corrected chi connectivity index (χ1v) is 7.03. The number of carbonyl (C=O) groups is 1. The normalized spacial score (nSPS) is 10.6. The van der Waals surface area contributed by atoms with Gasteiger partial charge in [-0.2, -0.15) is 0 Å². The topological polar surface area (TPSA) is 51.1 Å². The molecule has 0 saturated heterocycles. The Morgan fingerprint density at radius 2 is 1.73 bits per heavy atom. The van der Waals surface area contributed by atoms with Crippen molar-refractivity contribution >= 4 is 22.4 Å². The molecule has 1 amide bonds. The van der Waals surface area contributed by atoms with Gasteiger partial charge in [-0.25, -0.2) is 0 Å². The first-order chi connectivity index (χ1) is 10.6. The van der Waals surface area contributed by atoms with Crippen LogP contribution in [0.25, 0.3) is 10.8 Å². The maximum atomic E-state index is 12.4. The molecule has 110 valence electrons. The maximum Gasteiger partial charge on any atom is 0.272 e. The van der Waals surface area contributed by atoms with Gasteiger partial charge < -0.3 is 9.88 Å². The molecule has 0 aliphatic heterocycles. The Morgan fingerprint density at radius 1 is 1.05 bits per heavy atom. The number of carbonyl (C=O) groups excluding carboxylic acids is 1. The van der Waals surface area contributed by atoms with Crippen molar-refractivity contribution in [1.29, 1.82) is 0 Å². The van der Waals surface area contributed by atoms with Gasteiger partial charge in [0.1, 0.15) is 5.69 Å². The summed E-state index contributed by atoms with van der Waals surface area (Å²) in [6.07, 6.45) is 0. The minimum absolute atomic E-state index is 0.174. The summed E-state index contributed by atoms with van der Waals surface area (Å²) in [4.78, 5) is 24.8. The molecule has 4 nitrogen and oxygen atoms in total. The number of fused-ring (bicyclic) bond motifs is 1. The summed E-state index contributed by atoms with van der Waals surface area (Å²) in [5.41, 5.74) is 1.99. The summed E-state index contributed by atoms with van der Waals surface area (Å²) >= 11 is 0. The molecule has 0 fully saturated rings. The Hall–Kier alpha value is -2.88. The van der Waals surface area contributed by atoms with E-state index in [2.05, 4.69) is 5.32 Å². The van der Waals surface area contributed by atoms with Crippen LogP contribution in [0.15, 0.2) is 59.4 Å². The summed E-state index contributed by atoms with van der Waals surface area (Å²) in [5, 5.41) is 4.19. The Morgan fingerprint density at radius 3 is 2.45 bits per heavy atom. The van der Waals surface area contributed by atoms with Gasteiger partial charge in [-0.05, 0) is 36.6 Å².